The zero-order valence-corrected chi connectivity index (χ0v) is 9.78. The first kappa shape index (κ1) is 11.7. The van der Waals surface area contributed by atoms with Gasteiger partial charge in [-0.3, -0.25) is 0 Å². The first-order valence-corrected chi connectivity index (χ1v) is 5.95. The molecule has 1 aromatic carbocycles. The first-order chi connectivity index (χ1) is 8.40. The molecular formula is C14H16N2O. The molecule has 0 saturated carbocycles. The number of furan rings is 1. The number of hydrogen-bond donors (Lipinski definition) is 1. The van der Waals surface area contributed by atoms with Crippen LogP contribution in [0.15, 0.2) is 34.7 Å². The second kappa shape index (κ2) is 6.07. The maximum Gasteiger partial charge on any atom is 0.134 e. The van der Waals surface area contributed by atoms with Gasteiger partial charge in [-0.15, -0.1) is 0 Å². The molecule has 2 aromatic rings. The molecule has 0 aliphatic heterocycles. The van der Waals surface area contributed by atoms with Crippen molar-refractivity contribution >= 4 is 11.0 Å². The number of nitrogens with zero attached hydrogens (tertiary/aromatic N) is 1. The fourth-order valence-electron chi connectivity index (χ4n) is 1.79. The summed E-state index contributed by atoms with van der Waals surface area (Å²) in [5, 5.41) is 12.9. The molecule has 0 amide bonds. The number of benzene rings is 1. The molecule has 3 heteroatoms. The zero-order valence-electron chi connectivity index (χ0n) is 9.78. The standard InChI is InChI=1S/C14H16N2O/c15-8-4-1-5-9-16-11-13-10-12-6-2-3-7-14(12)17-13/h2-3,6-7,10,16H,1,4-5,9,11H2. The number of unbranched alkanes of at least 4 members (excludes halogenated alkanes) is 2. The van der Waals surface area contributed by atoms with Crippen LogP contribution in [-0.2, 0) is 6.54 Å². The van der Waals surface area contributed by atoms with Gasteiger partial charge in [0.25, 0.3) is 0 Å². The van der Waals surface area contributed by atoms with E-state index < -0.39 is 0 Å². The van der Waals surface area contributed by atoms with Crippen LogP contribution in [0.3, 0.4) is 0 Å². The van der Waals surface area contributed by atoms with Crippen LogP contribution in [0.4, 0.5) is 0 Å². The maximum absolute atomic E-state index is 8.40. The Morgan fingerprint density at radius 3 is 2.94 bits per heavy atom. The Hall–Kier alpha value is -1.79. The summed E-state index contributed by atoms with van der Waals surface area (Å²) >= 11 is 0. The first-order valence-electron chi connectivity index (χ1n) is 5.95. The molecule has 0 aliphatic rings. The van der Waals surface area contributed by atoms with Crippen molar-refractivity contribution in [2.24, 2.45) is 0 Å². The van der Waals surface area contributed by atoms with Crippen molar-refractivity contribution < 1.29 is 4.42 Å². The third kappa shape index (κ3) is 3.33. The van der Waals surface area contributed by atoms with Gasteiger partial charge < -0.3 is 9.73 Å². The van der Waals surface area contributed by atoms with Crippen LogP contribution < -0.4 is 5.32 Å². The molecular weight excluding hydrogens is 212 g/mol. The van der Waals surface area contributed by atoms with Crippen LogP contribution in [0.5, 0.6) is 0 Å². The van der Waals surface area contributed by atoms with Crippen LogP contribution in [-0.4, -0.2) is 6.54 Å². The van der Waals surface area contributed by atoms with Gasteiger partial charge >= 0.3 is 0 Å². The minimum absolute atomic E-state index is 0.645. The van der Waals surface area contributed by atoms with E-state index in [9.17, 15) is 0 Å². The third-order valence-electron chi connectivity index (χ3n) is 2.67. The van der Waals surface area contributed by atoms with E-state index in [0.717, 1.165) is 42.7 Å². The number of rotatable bonds is 6. The van der Waals surface area contributed by atoms with Crippen LogP contribution >= 0.6 is 0 Å². The zero-order chi connectivity index (χ0) is 11.9. The second-order valence-electron chi connectivity index (χ2n) is 4.04. The van der Waals surface area contributed by atoms with E-state index in [4.69, 9.17) is 9.68 Å². The Morgan fingerprint density at radius 2 is 2.12 bits per heavy atom. The van der Waals surface area contributed by atoms with Crippen molar-refractivity contribution in [1.82, 2.24) is 5.32 Å². The van der Waals surface area contributed by atoms with Crippen molar-refractivity contribution in [2.45, 2.75) is 25.8 Å². The van der Waals surface area contributed by atoms with E-state index in [1.54, 1.807) is 0 Å². The number of nitriles is 1. The minimum Gasteiger partial charge on any atom is -0.460 e. The lowest BCUT2D eigenvalue weighted by molar-refractivity contribution is 0.508. The van der Waals surface area contributed by atoms with Crippen molar-refractivity contribution in [3.63, 3.8) is 0 Å². The summed E-state index contributed by atoms with van der Waals surface area (Å²) in [5.41, 5.74) is 0.939. The molecule has 3 nitrogen and oxygen atoms in total. The van der Waals surface area contributed by atoms with Gasteiger partial charge in [0, 0.05) is 11.8 Å². The maximum atomic E-state index is 8.40. The second-order valence-corrected chi connectivity index (χ2v) is 4.04. The molecule has 1 aromatic heterocycles. The van der Waals surface area contributed by atoms with Gasteiger partial charge in [-0.2, -0.15) is 5.26 Å². The number of hydrogen-bond acceptors (Lipinski definition) is 3. The highest BCUT2D eigenvalue weighted by molar-refractivity contribution is 5.77. The molecule has 17 heavy (non-hydrogen) atoms. The van der Waals surface area contributed by atoms with Crippen molar-refractivity contribution in [1.29, 1.82) is 5.26 Å². The monoisotopic (exact) mass is 228 g/mol. The van der Waals surface area contributed by atoms with E-state index in [1.807, 2.05) is 18.2 Å². The number of nitrogens with one attached hydrogen (secondary N) is 1. The molecule has 0 bridgehead atoms. The summed E-state index contributed by atoms with van der Waals surface area (Å²) in [7, 11) is 0. The van der Waals surface area contributed by atoms with Crippen LogP contribution in [0, 0.1) is 11.3 Å². The minimum atomic E-state index is 0.645. The topological polar surface area (TPSA) is 49.0 Å². The molecule has 2 rings (SSSR count). The van der Waals surface area contributed by atoms with Crippen molar-refractivity contribution in [3.8, 4) is 6.07 Å². The summed E-state index contributed by atoms with van der Waals surface area (Å²) in [6.07, 6.45) is 2.64. The van der Waals surface area contributed by atoms with E-state index in [-0.39, 0.29) is 0 Å². The summed E-state index contributed by atoms with van der Waals surface area (Å²) < 4.78 is 5.68. The lowest BCUT2D eigenvalue weighted by Crippen LogP contribution is -2.13. The quantitative estimate of drug-likeness (QED) is 0.772. The molecule has 0 fully saturated rings. The van der Waals surface area contributed by atoms with Crippen LogP contribution in [0.25, 0.3) is 11.0 Å². The molecule has 0 saturated heterocycles. The van der Waals surface area contributed by atoms with Gasteiger partial charge in [-0.05, 0) is 31.5 Å². The Kier molecular flexibility index (Phi) is 4.17. The third-order valence-corrected chi connectivity index (χ3v) is 2.67. The summed E-state index contributed by atoms with van der Waals surface area (Å²) in [6.45, 7) is 1.68. The summed E-state index contributed by atoms with van der Waals surface area (Å²) in [5.74, 6) is 0.964. The Morgan fingerprint density at radius 1 is 1.24 bits per heavy atom. The van der Waals surface area contributed by atoms with E-state index in [0.29, 0.717) is 6.42 Å². The number of fused-ring (bicyclic) bond motifs is 1. The molecule has 88 valence electrons. The van der Waals surface area contributed by atoms with Gasteiger partial charge in [0.2, 0.25) is 0 Å². The Labute approximate surface area is 101 Å². The highest BCUT2D eigenvalue weighted by atomic mass is 16.3. The normalized spacial score (nSPS) is 10.5. The molecule has 1 N–H and O–H groups in total. The van der Waals surface area contributed by atoms with E-state index >= 15 is 0 Å². The smallest absolute Gasteiger partial charge is 0.134 e. The van der Waals surface area contributed by atoms with Crippen LogP contribution in [0.1, 0.15) is 25.0 Å². The fraction of sp³-hybridized carbons (Fsp3) is 0.357. The fourth-order valence-corrected chi connectivity index (χ4v) is 1.79. The Bertz CT molecular complexity index is 477. The predicted molar refractivity (Wildman–Crippen MR) is 67.4 cm³/mol. The van der Waals surface area contributed by atoms with Gasteiger partial charge in [0.15, 0.2) is 0 Å². The SMILES string of the molecule is N#CCCCCNCc1cc2ccccc2o1. The average molecular weight is 228 g/mol. The largest absolute Gasteiger partial charge is 0.460 e. The van der Waals surface area contributed by atoms with E-state index in [1.165, 1.54) is 0 Å². The van der Waals surface area contributed by atoms with Gasteiger partial charge in [-0.25, -0.2) is 0 Å². The highest BCUT2D eigenvalue weighted by Crippen LogP contribution is 2.18. The summed E-state index contributed by atoms with van der Waals surface area (Å²) in [6, 6.07) is 12.2. The number of para-hydroxylation sites is 1. The van der Waals surface area contributed by atoms with Crippen molar-refractivity contribution in [2.75, 3.05) is 6.54 Å². The summed E-state index contributed by atoms with van der Waals surface area (Å²) in [4.78, 5) is 0. The molecule has 0 aliphatic carbocycles. The van der Waals surface area contributed by atoms with E-state index in [2.05, 4.69) is 23.5 Å². The molecule has 0 spiro atoms. The average Bonchev–Trinajstić information content (AvgIpc) is 2.76. The van der Waals surface area contributed by atoms with Gasteiger partial charge in [-0.1, -0.05) is 18.2 Å². The molecule has 0 atom stereocenters. The van der Waals surface area contributed by atoms with Gasteiger partial charge in [0.1, 0.15) is 11.3 Å². The lowest BCUT2D eigenvalue weighted by atomic mass is 10.2. The molecule has 0 radical (unpaired) electrons. The molecule has 1 heterocycles. The molecule has 0 unspecified atom stereocenters. The van der Waals surface area contributed by atoms with Crippen LogP contribution in [0.2, 0.25) is 0 Å². The highest BCUT2D eigenvalue weighted by Gasteiger charge is 2.01. The van der Waals surface area contributed by atoms with Crippen molar-refractivity contribution in [3.05, 3.63) is 36.1 Å². The lowest BCUT2D eigenvalue weighted by Gasteiger charge is -2.00. The predicted octanol–water partition coefficient (Wildman–Crippen LogP) is 3.22. The Balaban J connectivity index is 1.77. The van der Waals surface area contributed by atoms with Gasteiger partial charge in [0.05, 0.1) is 12.6 Å².